The van der Waals surface area contributed by atoms with Crippen LogP contribution in [-0.2, 0) is 6.42 Å². The van der Waals surface area contributed by atoms with Crippen LogP contribution >= 0.6 is 0 Å². The maximum atomic E-state index is 2.63. The highest BCUT2D eigenvalue weighted by molar-refractivity contribution is 6.09. The Morgan fingerprint density at radius 3 is 2.08 bits per heavy atom. The van der Waals surface area contributed by atoms with Crippen molar-refractivity contribution in [2.45, 2.75) is 37.6 Å². The number of aromatic nitrogens is 2. The summed E-state index contributed by atoms with van der Waals surface area (Å²) in [5.41, 5.74) is 14.3. The molecule has 240 valence electrons. The van der Waals surface area contributed by atoms with Crippen molar-refractivity contribution in [2.75, 3.05) is 0 Å². The third-order valence-electron chi connectivity index (χ3n) is 11.1. The second-order valence-corrected chi connectivity index (χ2v) is 14.0. The van der Waals surface area contributed by atoms with Gasteiger partial charge in [0, 0.05) is 56.1 Å². The van der Waals surface area contributed by atoms with Gasteiger partial charge in [-0.1, -0.05) is 127 Å². The summed E-state index contributed by atoms with van der Waals surface area (Å²) in [7, 11) is 0. The second-order valence-electron chi connectivity index (χ2n) is 14.0. The SMILES string of the molecule is C1=Cc2c(n(-c3cccc(-c4ccccc4)c3)c3ccc(-c4ccc5c(c4)c4ccccc4n5C4CC=CC(c5ccccc5)C4)cc23)CC1. The minimum absolute atomic E-state index is 0.410. The first-order valence-corrected chi connectivity index (χ1v) is 18.0. The van der Waals surface area contributed by atoms with Crippen molar-refractivity contribution in [1.82, 2.24) is 9.13 Å². The fraction of sp³-hybridized carbons (Fsp3) is 0.125. The van der Waals surface area contributed by atoms with Gasteiger partial charge in [0.25, 0.3) is 0 Å². The Hall–Kier alpha value is -5.86. The van der Waals surface area contributed by atoms with Gasteiger partial charge in [0.2, 0.25) is 0 Å². The van der Waals surface area contributed by atoms with E-state index in [0.29, 0.717) is 12.0 Å². The van der Waals surface area contributed by atoms with Crippen molar-refractivity contribution < 1.29 is 0 Å². The third kappa shape index (κ3) is 4.78. The minimum Gasteiger partial charge on any atom is -0.337 e. The van der Waals surface area contributed by atoms with Gasteiger partial charge in [-0.15, -0.1) is 0 Å². The minimum atomic E-state index is 0.410. The molecule has 2 heterocycles. The molecular weight excluding hydrogens is 605 g/mol. The summed E-state index contributed by atoms with van der Waals surface area (Å²) in [5.74, 6) is 0.435. The molecule has 2 aliphatic rings. The number of para-hydroxylation sites is 1. The van der Waals surface area contributed by atoms with Crippen molar-refractivity contribution in [2.24, 2.45) is 0 Å². The van der Waals surface area contributed by atoms with E-state index >= 15 is 0 Å². The van der Waals surface area contributed by atoms with Gasteiger partial charge >= 0.3 is 0 Å². The smallest absolute Gasteiger partial charge is 0.0538 e. The van der Waals surface area contributed by atoms with Gasteiger partial charge in [-0.05, 0) is 96.0 Å². The molecule has 0 saturated heterocycles. The van der Waals surface area contributed by atoms with E-state index in [1.165, 1.54) is 77.5 Å². The van der Waals surface area contributed by atoms with Crippen LogP contribution in [0.4, 0.5) is 0 Å². The Morgan fingerprint density at radius 1 is 0.520 bits per heavy atom. The van der Waals surface area contributed by atoms with E-state index in [1.807, 2.05) is 0 Å². The standard InChI is InChI=1S/C48H38N2/c1-3-13-33(14-4-1)35-17-11-19-39(29-35)49-45-23-9-7-21-41(45)43-31-37(25-27-47(43)49)38-26-28-48-44(32-38)42-22-8-10-24-46(42)50(48)40-20-12-18-36(30-40)34-15-5-2-6-16-34/h1-9,11-18,20-23,25-28,30-32,35,39H,10,19,24,29H2. The van der Waals surface area contributed by atoms with E-state index in [1.54, 1.807) is 0 Å². The Morgan fingerprint density at radius 2 is 1.22 bits per heavy atom. The molecule has 2 atom stereocenters. The highest BCUT2D eigenvalue weighted by Crippen LogP contribution is 2.42. The first-order valence-electron chi connectivity index (χ1n) is 18.0. The molecule has 2 aliphatic carbocycles. The quantitative estimate of drug-likeness (QED) is 0.165. The number of allylic oxidation sites excluding steroid dienone is 3. The average Bonchev–Trinajstić information content (AvgIpc) is 3.71. The average molecular weight is 643 g/mol. The molecule has 6 aromatic carbocycles. The van der Waals surface area contributed by atoms with Crippen LogP contribution < -0.4 is 0 Å². The maximum absolute atomic E-state index is 2.63. The van der Waals surface area contributed by atoms with E-state index in [0.717, 1.165) is 25.7 Å². The summed E-state index contributed by atoms with van der Waals surface area (Å²) >= 11 is 0. The highest BCUT2D eigenvalue weighted by Gasteiger charge is 2.25. The van der Waals surface area contributed by atoms with E-state index in [2.05, 4.69) is 179 Å². The predicted molar refractivity (Wildman–Crippen MR) is 211 cm³/mol. The maximum Gasteiger partial charge on any atom is 0.0538 e. The summed E-state index contributed by atoms with van der Waals surface area (Å²) in [5, 5.41) is 3.99. The first kappa shape index (κ1) is 29.1. The lowest BCUT2D eigenvalue weighted by atomic mass is 9.86. The number of fused-ring (bicyclic) bond motifs is 6. The topological polar surface area (TPSA) is 9.86 Å². The molecule has 10 rings (SSSR count). The molecule has 0 N–H and O–H groups in total. The molecule has 50 heavy (non-hydrogen) atoms. The molecule has 0 spiro atoms. The predicted octanol–water partition coefficient (Wildman–Crippen LogP) is 12.7. The fourth-order valence-electron chi connectivity index (χ4n) is 8.75. The summed E-state index contributed by atoms with van der Waals surface area (Å²) in [6.45, 7) is 0. The Kier molecular flexibility index (Phi) is 6.94. The first-order chi connectivity index (χ1) is 24.8. The molecule has 8 aromatic rings. The summed E-state index contributed by atoms with van der Waals surface area (Å²) < 4.78 is 5.13. The van der Waals surface area contributed by atoms with Crippen LogP contribution in [0, 0.1) is 0 Å². The Balaban J connectivity index is 1.08. The summed E-state index contributed by atoms with van der Waals surface area (Å²) in [6, 6.07) is 54.4. The molecule has 2 nitrogen and oxygen atoms in total. The van der Waals surface area contributed by atoms with Crippen molar-refractivity contribution >= 4 is 38.8 Å². The second kappa shape index (κ2) is 11.9. The lowest BCUT2D eigenvalue weighted by Crippen LogP contribution is -2.15. The van der Waals surface area contributed by atoms with Gasteiger partial charge in [0.1, 0.15) is 0 Å². The number of hydrogen-bond acceptors (Lipinski definition) is 0. The van der Waals surface area contributed by atoms with Crippen LogP contribution in [0.25, 0.3) is 66.7 Å². The van der Waals surface area contributed by atoms with Crippen LogP contribution in [-0.4, -0.2) is 9.13 Å². The zero-order chi connectivity index (χ0) is 33.0. The van der Waals surface area contributed by atoms with E-state index < -0.39 is 0 Å². The van der Waals surface area contributed by atoms with Crippen LogP contribution in [0.3, 0.4) is 0 Å². The van der Waals surface area contributed by atoms with Crippen LogP contribution in [0.5, 0.6) is 0 Å². The van der Waals surface area contributed by atoms with E-state index in [4.69, 9.17) is 0 Å². The van der Waals surface area contributed by atoms with E-state index in [-0.39, 0.29) is 0 Å². The molecule has 0 bridgehead atoms. The monoisotopic (exact) mass is 642 g/mol. The Labute approximate surface area is 293 Å². The molecule has 2 unspecified atom stereocenters. The van der Waals surface area contributed by atoms with Crippen LogP contribution in [0.2, 0.25) is 0 Å². The normalized spacial score (nSPS) is 17.1. The molecular formula is C48H38N2. The number of rotatable bonds is 5. The van der Waals surface area contributed by atoms with Gasteiger partial charge < -0.3 is 9.13 Å². The third-order valence-corrected chi connectivity index (χ3v) is 11.1. The largest absolute Gasteiger partial charge is 0.337 e. The fourth-order valence-corrected chi connectivity index (χ4v) is 8.75. The number of nitrogens with zero attached hydrogens (tertiary/aromatic N) is 2. The molecule has 0 fully saturated rings. The van der Waals surface area contributed by atoms with Gasteiger partial charge in [0.15, 0.2) is 0 Å². The van der Waals surface area contributed by atoms with Gasteiger partial charge in [-0.25, -0.2) is 0 Å². The molecule has 0 saturated carbocycles. The number of benzene rings is 6. The van der Waals surface area contributed by atoms with Crippen molar-refractivity contribution in [3.63, 3.8) is 0 Å². The lowest BCUT2D eigenvalue weighted by molar-refractivity contribution is 0.456. The van der Waals surface area contributed by atoms with Crippen LogP contribution in [0.15, 0.2) is 164 Å². The molecule has 0 amide bonds. The molecule has 2 aromatic heterocycles. The van der Waals surface area contributed by atoms with Gasteiger partial charge in [-0.2, -0.15) is 0 Å². The van der Waals surface area contributed by atoms with Crippen LogP contribution in [0.1, 0.15) is 48.0 Å². The molecule has 0 aliphatic heterocycles. The molecule has 0 radical (unpaired) electrons. The van der Waals surface area contributed by atoms with E-state index in [9.17, 15) is 0 Å². The van der Waals surface area contributed by atoms with Crippen molar-refractivity contribution in [3.8, 4) is 27.9 Å². The summed E-state index contributed by atoms with van der Waals surface area (Å²) in [6.07, 6.45) is 13.8. The van der Waals surface area contributed by atoms with Gasteiger partial charge in [-0.3, -0.25) is 0 Å². The Bertz CT molecular complexity index is 2600. The lowest BCUT2D eigenvalue weighted by Gasteiger charge is -2.28. The zero-order valence-electron chi connectivity index (χ0n) is 28.0. The molecule has 2 heteroatoms. The highest BCUT2D eigenvalue weighted by atomic mass is 15.0. The van der Waals surface area contributed by atoms with Gasteiger partial charge in [0.05, 0.1) is 5.52 Å². The zero-order valence-corrected chi connectivity index (χ0v) is 28.0. The van der Waals surface area contributed by atoms with Crippen molar-refractivity contribution in [3.05, 3.63) is 181 Å². The van der Waals surface area contributed by atoms with Crippen molar-refractivity contribution in [1.29, 1.82) is 0 Å². The summed E-state index contributed by atoms with van der Waals surface area (Å²) in [4.78, 5) is 0. The number of hydrogen-bond donors (Lipinski definition) is 0.